The normalized spacial score (nSPS) is 10.5. The van der Waals surface area contributed by atoms with E-state index in [-0.39, 0.29) is 0 Å². The predicted octanol–water partition coefficient (Wildman–Crippen LogP) is 2.08. The first-order valence-electron chi connectivity index (χ1n) is 5.66. The summed E-state index contributed by atoms with van der Waals surface area (Å²) < 4.78 is 7.16. The van der Waals surface area contributed by atoms with E-state index in [9.17, 15) is 0 Å². The number of aromatic nitrogens is 2. The molecule has 2 rings (SSSR count). The predicted molar refractivity (Wildman–Crippen MR) is 68.1 cm³/mol. The SMILES string of the molecule is CCc1ccc(OC)c(Cn2cc(N)cn2)c1. The van der Waals surface area contributed by atoms with Crippen LogP contribution < -0.4 is 10.5 Å². The fraction of sp³-hybridized carbons (Fsp3) is 0.308. The van der Waals surface area contributed by atoms with E-state index in [2.05, 4.69) is 24.2 Å². The highest BCUT2D eigenvalue weighted by molar-refractivity contribution is 5.38. The number of hydrogen-bond donors (Lipinski definition) is 1. The van der Waals surface area contributed by atoms with Crippen molar-refractivity contribution in [1.29, 1.82) is 0 Å². The Balaban J connectivity index is 2.29. The third kappa shape index (κ3) is 2.58. The fourth-order valence-electron chi connectivity index (χ4n) is 1.82. The summed E-state index contributed by atoms with van der Waals surface area (Å²) in [6.07, 6.45) is 4.48. The number of anilines is 1. The molecule has 4 heteroatoms. The van der Waals surface area contributed by atoms with Gasteiger partial charge >= 0.3 is 0 Å². The van der Waals surface area contributed by atoms with Gasteiger partial charge in [-0.3, -0.25) is 4.68 Å². The zero-order valence-corrected chi connectivity index (χ0v) is 10.2. The Bertz CT molecular complexity index is 505. The second kappa shape index (κ2) is 4.91. The van der Waals surface area contributed by atoms with Crippen molar-refractivity contribution in [2.24, 2.45) is 0 Å². The zero-order valence-electron chi connectivity index (χ0n) is 10.2. The van der Waals surface area contributed by atoms with Crippen LogP contribution in [-0.4, -0.2) is 16.9 Å². The summed E-state index contributed by atoms with van der Waals surface area (Å²) >= 11 is 0. The Morgan fingerprint density at radius 2 is 2.24 bits per heavy atom. The third-order valence-corrected chi connectivity index (χ3v) is 2.74. The molecule has 0 saturated heterocycles. The molecule has 0 unspecified atom stereocenters. The molecular formula is C13H17N3O. The molecule has 0 aliphatic heterocycles. The lowest BCUT2D eigenvalue weighted by atomic mass is 10.1. The van der Waals surface area contributed by atoms with Crippen LogP contribution in [0.2, 0.25) is 0 Å². The van der Waals surface area contributed by atoms with Crippen LogP contribution in [0.15, 0.2) is 30.6 Å². The molecule has 1 heterocycles. The Morgan fingerprint density at radius 3 is 2.82 bits per heavy atom. The number of nitrogens with zero attached hydrogens (tertiary/aromatic N) is 2. The van der Waals surface area contributed by atoms with E-state index in [0.717, 1.165) is 17.7 Å². The van der Waals surface area contributed by atoms with E-state index >= 15 is 0 Å². The smallest absolute Gasteiger partial charge is 0.123 e. The second-order valence-corrected chi connectivity index (χ2v) is 3.97. The van der Waals surface area contributed by atoms with Gasteiger partial charge in [0.05, 0.1) is 25.5 Å². The summed E-state index contributed by atoms with van der Waals surface area (Å²) in [4.78, 5) is 0. The van der Waals surface area contributed by atoms with Crippen LogP contribution in [0.4, 0.5) is 5.69 Å². The van der Waals surface area contributed by atoms with Gasteiger partial charge in [-0.15, -0.1) is 0 Å². The van der Waals surface area contributed by atoms with Gasteiger partial charge in [-0.05, 0) is 18.1 Å². The number of benzene rings is 1. The van der Waals surface area contributed by atoms with Gasteiger partial charge in [0.25, 0.3) is 0 Å². The molecule has 0 spiro atoms. The van der Waals surface area contributed by atoms with Crippen molar-refractivity contribution in [3.63, 3.8) is 0 Å². The van der Waals surface area contributed by atoms with Gasteiger partial charge < -0.3 is 10.5 Å². The van der Waals surface area contributed by atoms with Gasteiger partial charge in [-0.1, -0.05) is 19.1 Å². The van der Waals surface area contributed by atoms with E-state index in [1.807, 2.05) is 16.9 Å². The van der Waals surface area contributed by atoms with Crippen molar-refractivity contribution in [2.45, 2.75) is 19.9 Å². The highest BCUT2D eigenvalue weighted by Gasteiger charge is 2.05. The molecule has 1 aromatic carbocycles. The van der Waals surface area contributed by atoms with Crippen LogP contribution in [0.1, 0.15) is 18.1 Å². The molecule has 0 atom stereocenters. The fourth-order valence-corrected chi connectivity index (χ4v) is 1.82. The van der Waals surface area contributed by atoms with Crippen molar-refractivity contribution in [2.75, 3.05) is 12.8 Å². The van der Waals surface area contributed by atoms with Crippen LogP contribution in [0.3, 0.4) is 0 Å². The molecule has 0 saturated carbocycles. The number of ether oxygens (including phenoxy) is 1. The molecule has 0 aliphatic rings. The van der Waals surface area contributed by atoms with Gasteiger partial charge in [0.15, 0.2) is 0 Å². The molecule has 90 valence electrons. The summed E-state index contributed by atoms with van der Waals surface area (Å²) in [5.41, 5.74) is 8.73. The largest absolute Gasteiger partial charge is 0.496 e. The molecular weight excluding hydrogens is 214 g/mol. The number of methoxy groups -OCH3 is 1. The first-order valence-corrected chi connectivity index (χ1v) is 5.66. The average molecular weight is 231 g/mol. The first kappa shape index (κ1) is 11.5. The number of aryl methyl sites for hydroxylation is 1. The number of nitrogen functional groups attached to an aromatic ring is 1. The van der Waals surface area contributed by atoms with Gasteiger partial charge in [0, 0.05) is 11.8 Å². The summed E-state index contributed by atoms with van der Waals surface area (Å²) in [7, 11) is 1.68. The zero-order chi connectivity index (χ0) is 12.3. The van der Waals surface area contributed by atoms with E-state index in [4.69, 9.17) is 10.5 Å². The van der Waals surface area contributed by atoms with Crippen LogP contribution in [0.5, 0.6) is 5.75 Å². The number of hydrogen-bond acceptors (Lipinski definition) is 3. The van der Waals surface area contributed by atoms with Gasteiger partial charge in [0.1, 0.15) is 5.75 Å². The van der Waals surface area contributed by atoms with E-state index in [1.54, 1.807) is 13.3 Å². The maximum atomic E-state index is 5.64. The summed E-state index contributed by atoms with van der Waals surface area (Å²) in [5, 5.41) is 4.18. The van der Waals surface area contributed by atoms with E-state index in [0.29, 0.717) is 12.2 Å². The Morgan fingerprint density at radius 1 is 1.41 bits per heavy atom. The lowest BCUT2D eigenvalue weighted by molar-refractivity contribution is 0.407. The first-order chi connectivity index (χ1) is 8.22. The average Bonchev–Trinajstić information content (AvgIpc) is 2.74. The molecule has 2 N–H and O–H groups in total. The highest BCUT2D eigenvalue weighted by Crippen LogP contribution is 2.21. The monoisotopic (exact) mass is 231 g/mol. The number of nitrogens with two attached hydrogens (primary N) is 1. The lowest BCUT2D eigenvalue weighted by Crippen LogP contribution is -2.03. The topological polar surface area (TPSA) is 53.1 Å². The summed E-state index contributed by atoms with van der Waals surface area (Å²) in [6.45, 7) is 2.81. The van der Waals surface area contributed by atoms with Gasteiger partial charge in [-0.25, -0.2) is 0 Å². The highest BCUT2D eigenvalue weighted by atomic mass is 16.5. The standard InChI is InChI=1S/C13H17N3O/c1-3-10-4-5-13(17-2)11(6-10)8-16-9-12(14)7-15-16/h4-7,9H,3,8,14H2,1-2H3. The van der Waals surface area contributed by atoms with Crippen LogP contribution in [0.25, 0.3) is 0 Å². The second-order valence-electron chi connectivity index (χ2n) is 3.97. The Labute approximate surface area is 101 Å². The molecule has 17 heavy (non-hydrogen) atoms. The van der Waals surface area contributed by atoms with Crippen molar-refractivity contribution in [1.82, 2.24) is 9.78 Å². The minimum Gasteiger partial charge on any atom is -0.496 e. The Kier molecular flexibility index (Phi) is 3.32. The van der Waals surface area contributed by atoms with Crippen LogP contribution >= 0.6 is 0 Å². The molecule has 0 radical (unpaired) electrons. The van der Waals surface area contributed by atoms with Gasteiger partial charge in [0.2, 0.25) is 0 Å². The molecule has 2 aromatic rings. The van der Waals surface area contributed by atoms with Gasteiger partial charge in [-0.2, -0.15) is 5.10 Å². The molecule has 0 bridgehead atoms. The molecule has 0 amide bonds. The van der Waals surface area contributed by atoms with Crippen molar-refractivity contribution >= 4 is 5.69 Å². The molecule has 1 aromatic heterocycles. The van der Waals surface area contributed by atoms with E-state index in [1.165, 1.54) is 5.56 Å². The van der Waals surface area contributed by atoms with Crippen LogP contribution in [-0.2, 0) is 13.0 Å². The Hall–Kier alpha value is -1.97. The minimum absolute atomic E-state index is 0.675. The maximum absolute atomic E-state index is 5.64. The maximum Gasteiger partial charge on any atom is 0.123 e. The van der Waals surface area contributed by atoms with E-state index < -0.39 is 0 Å². The quantitative estimate of drug-likeness (QED) is 0.876. The third-order valence-electron chi connectivity index (χ3n) is 2.74. The van der Waals surface area contributed by atoms with Crippen molar-refractivity contribution < 1.29 is 4.74 Å². The molecule has 4 nitrogen and oxygen atoms in total. The number of rotatable bonds is 4. The molecule has 0 fully saturated rings. The summed E-state index contributed by atoms with van der Waals surface area (Å²) in [6, 6.07) is 6.23. The summed E-state index contributed by atoms with van der Waals surface area (Å²) in [5.74, 6) is 0.885. The van der Waals surface area contributed by atoms with Crippen molar-refractivity contribution in [3.05, 3.63) is 41.7 Å². The van der Waals surface area contributed by atoms with Crippen LogP contribution in [0, 0.1) is 0 Å². The minimum atomic E-state index is 0.675. The molecule has 0 aliphatic carbocycles. The lowest BCUT2D eigenvalue weighted by Gasteiger charge is -2.10. The van der Waals surface area contributed by atoms with Crippen molar-refractivity contribution in [3.8, 4) is 5.75 Å².